The zero-order valence-electron chi connectivity index (χ0n) is 30.0. The van der Waals surface area contributed by atoms with Crippen molar-refractivity contribution in [3.63, 3.8) is 0 Å². The summed E-state index contributed by atoms with van der Waals surface area (Å²) in [6, 6.07) is 55.2. The van der Waals surface area contributed by atoms with Crippen LogP contribution in [-0.4, -0.2) is 9.13 Å². The predicted molar refractivity (Wildman–Crippen MR) is 230 cm³/mol. The number of fused-ring (bicyclic) bond motifs is 9. The van der Waals surface area contributed by atoms with Gasteiger partial charge in [0.1, 0.15) is 0 Å². The van der Waals surface area contributed by atoms with E-state index in [1.807, 2.05) is 0 Å². The van der Waals surface area contributed by atoms with Crippen LogP contribution >= 0.6 is 0 Å². The third kappa shape index (κ3) is 4.88. The van der Waals surface area contributed by atoms with Gasteiger partial charge in [-0.15, -0.1) is 0 Å². The summed E-state index contributed by atoms with van der Waals surface area (Å²) in [7, 11) is 0. The largest absolute Gasteiger partial charge is 0.333 e. The molecular formula is C52H38N2. The predicted octanol–water partition coefficient (Wildman–Crippen LogP) is 13.9. The Morgan fingerprint density at radius 1 is 0.500 bits per heavy atom. The van der Waals surface area contributed by atoms with Crippen LogP contribution in [0.25, 0.3) is 83.4 Å². The molecule has 10 rings (SSSR count). The van der Waals surface area contributed by atoms with E-state index in [1.54, 1.807) is 0 Å². The van der Waals surface area contributed by atoms with Crippen LogP contribution in [0.4, 0.5) is 0 Å². The molecule has 6 aromatic carbocycles. The standard InChI is InChI=1S/C52H38N2/c1-3-41-42(4-2)50-46-32-30-38(36-21-11-6-12-22-36)34-48(46)54(40-25-15-8-16-26-40)52(50)44-28-18-17-27-43(44)51-49(41)45-31-29-37(35-19-9-5-10-20-35)33-47(45)53(51)39-23-13-7-14-24-39/h3-25,27-34,40H,1-2,26H2/b42-41-,49-41?,50-42?,51-43?,52-44?. The van der Waals surface area contributed by atoms with E-state index in [9.17, 15) is 0 Å². The minimum atomic E-state index is 0.130. The van der Waals surface area contributed by atoms with E-state index < -0.39 is 0 Å². The van der Waals surface area contributed by atoms with E-state index in [0.29, 0.717) is 0 Å². The number of hydrogen-bond donors (Lipinski definition) is 0. The second-order valence-corrected chi connectivity index (χ2v) is 14.1. The van der Waals surface area contributed by atoms with E-state index in [1.165, 1.54) is 66.5 Å². The van der Waals surface area contributed by atoms with Crippen molar-refractivity contribution in [2.45, 2.75) is 12.5 Å². The van der Waals surface area contributed by atoms with Crippen molar-refractivity contribution >= 4 is 33.0 Å². The number of allylic oxidation sites excluding steroid dienone is 8. The highest BCUT2D eigenvalue weighted by molar-refractivity contribution is 6.19. The topological polar surface area (TPSA) is 9.86 Å². The maximum absolute atomic E-state index is 4.53. The summed E-state index contributed by atoms with van der Waals surface area (Å²) < 4.78 is 5.06. The van der Waals surface area contributed by atoms with Gasteiger partial charge in [-0.05, 0) is 64.1 Å². The molecule has 0 saturated heterocycles. The van der Waals surface area contributed by atoms with Crippen LogP contribution in [0.15, 0.2) is 201 Å². The van der Waals surface area contributed by atoms with Gasteiger partial charge < -0.3 is 9.13 Å². The van der Waals surface area contributed by atoms with E-state index in [-0.39, 0.29) is 6.04 Å². The molecule has 0 bridgehead atoms. The van der Waals surface area contributed by atoms with Crippen molar-refractivity contribution in [1.29, 1.82) is 0 Å². The smallest absolute Gasteiger partial charge is 0.0626 e. The molecule has 2 aliphatic carbocycles. The van der Waals surface area contributed by atoms with E-state index in [4.69, 9.17) is 0 Å². The van der Waals surface area contributed by atoms with Crippen LogP contribution in [0.2, 0.25) is 0 Å². The number of para-hydroxylation sites is 1. The zero-order valence-corrected chi connectivity index (χ0v) is 30.0. The van der Waals surface area contributed by atoms with E-state index in [0.717, 1.165) is 34.5 Å². The van der Waals surface area contributed by atoms with Crippen LogP contribution in [0, 0.1) is 0 Å². The first-order valence-electron chi connectivity index (χ1n) is 18.7. The third-order valence-electron chi connectivity index (χ3n) is 11.2. The lowest BCUT2D eigenvalue weighted by Crippen LogP contribution is -2.11. The first-order chi connectivity index (χ1) is 26.7. The molecule has 0 N–H and O–H groups in total. The minimum absolute atomic E-state index is 0.130. The molecule has 0 radical (unpaired) electrons. The SMILES string of the molecule is C=C/C1=C(\C=C)c2c(n(C3C=CC=CC3)c3cc(-c4ccccc4)ccc23)-c2ccccc2-c2c1c1ccc(-c3ccccc3)cc1n2-c1ccccc1. The van der Waals surface area contributed by atoms with E-state index >= 15 is 0 Å². The molecule has 1 atom stereocenters. The molecule has 2 nitrogen and oxygen atoms in total. The molecule has 0 amide bonds. The molecule has 0 aliphatic heterocycles. The summed E-state index contributed by atoms with van der Waals surface area (Å²) in [4.78, 5) is 0. The number of benzene rings is 6. The summed E-state index contributed by atoms with van der Waals surface area (Å²) in [6.07, 6.45) is 14.0. The average Bonchev–Trinajstić information content (AvgIpc) is 3.75. The Bertz CT molecular complexity index is 2860. The van der Waals surface area contributed by atoms with Crippen molar-refractivity contribution in [3.05, 3.63) is 212 Å². The fourth-order valence-electron chi connectivity index (χ4n) is 8.82. The van der Waals surface area contributed by atoms with Crippen LogP contribution in [0.5, 0.6) is 0 Å². The molecule has 8 aromatic rings. The molecule has 2 aliphatic rings. The van der Waals surface area contributed by atoms with Crippen molar-refractivity contribution in [1.82, 2.24) is 9.13 Å². The number of rotatable bonds is 6. The molecule has 54 heavy (non-hydrogen) atoms. The van der Waals surface area contributed by atoms with Gasteiger partial charge in [0.25, 0.3) is 0 Å². The van der Waals surface area contributed by atoms with Gasteiger partial charge in [0, 0.05) is 38.7 Å². The molecule has 2 aromatic heterocycles. The number of nitrogens with zero attached hydrogens (tertiary/aromatic N) is 2. The highest BCUT2D eigenvalue weighted by atomic mass is 15.0. The first kappa shape index (κ1) is 31.8. The Morgan fingerprint density at radius 3 is 1.59 bits per heavy atom. The lowest BCUT2D eigenvalue weighted by Gasteiger charge is -2.25. The van der Waals surface area contributed by atoms with Crippen LogP contribution in [0.1, 0.15) is 23.6 Å². The highest BCUT2D eigenvalue weighted by Crippen LogP contribution is 2.53. The maximum atomic E-state index is 4.53. The molecule has 0 spiro atoms. The van der Waals surface area contributed by atoms with Gasteiger partial charge in [-0.1, -0.05) is 177 Å². The van der Waals surface area contributed by atoms with Gasteiger partial charge >= 0.3 is 0 Å². The van der Waals surface area contributed by atoms with Crippen molar-refractivity contribution < 1.29 is 0 Å². The normalized spacial score (nSPS) is 16.0. The van der Waals surface area contributed by atoms with Crippen LogP contribution < -0.4 is 0 Å². The van der Waals surface area contributed by atoms with Crippen molar-refractivity contribution in [3.8, 4) is 50.5 Å². The minimum Gasteiger partial charge on any atom is -0.333 e. The second-order valence-electron chi connectivity index (χ2n) is 14.1. The van der Waals surface area contributed by atoms with Gasteiger partial charge in [-0.2, -0.15) is 0 Å². The second kappa shape index (κ2) is 12.9. The summed E-state index contributed by atoms with van der Waals surface area (Å²) in [5, 5.41) is 2.38. The number of hydrogen-bond acceptors (Lipinski definition) is 0. The Morgan fingerprint density at radius 2 is 1.02 bits per heavy atom. The average molecular weight is 691 g/mol. The first-order valence-corrected chi connectivity index (χ1v) is 18.7. The fraction of sp³-hybridized carbons (Fsp3) is 0.0385. The quantitative estimate of drug-likeness (QED) is 0.164. The van der Waals surface area contributed by atoms with Gasteiger partial charge in [-0.25, -0.2) is 0 Å². The van der Waals surface area contributed by atoms with Gasteiger partial charge in [0.15, 0.2) is 0 Å². The fourth-order valence-corrected chi connectivity index (χ4v) is 8.82. The highest BCUT2D eigenvalue weighted by Gasteiger charge is 2.33. The van der Waals surface area contributed by atoms with Gasteiger partial charge in [0.05, 0.1) is 28.5 Å². The third-order valence-corrected chi connectivity index (χ3v) is 11.2. The number of aromatic nitrogens is 2. The van der Waals surface area contributed by atoms with Gasteiger partial charge in [-0.3, -0.25) is 0 Å². The van der Waals surface area contributed by atoms with Crippen molar-refractivity contribution in [2.24, 2.45) is 0 Å². The lowest BCUT2D eigenvalue weighted by molar-refractivity contribution is 0.635. The zero-order chi connectivity index (χ0) is 36.2. The molecule has 0 fully saturated rings. The van der Waals surface area contributed by atoms with Crippen molar-refractivity contribution in [2.75, 3.05) is 0 Å². The van der Waals surface area contributed by atoms with Crippen LogP contribution in [0.3, 0.4) is 0 Å². The Balaban J connectivity index is 1.39. The summed E-state index contributed by atoms with van der Waals surface area (Å²) in [5.74, 6) is 0. The Hall–Kier alpha value is -6.90. The summed E-state index contributed by atoms with van der Waals surface area (Å²) in [5.41, 5.74) is 17.5. The Kier molecular flexibility index (Phi) is 7.63. The van der Waals surface area contributed by atoms with Gasteiger partial charge in [0.2, 0.25) is 0 Å². The monoisotopic (exact) mass is 690 g/mol. The maximum Gasteiger partial charge on any atom is 0.0626 e. The lowest BCUT2D eigenvalue weighted by atomic mass is 9.84. The molecule has 0 saturated carbocycles. The van der Waals surface area contributed by atoms with Crippen LogP contribution in [-0.2, 0) is 0 Å². The molecule has 256 valence electrons. The van der Waals surface area contributed by atoms with E-state index in [2.05, 4.69) is 210 Å². The summed E-state index contributed by atoms with van der Waals surface area (Å²) in [6.45, 7) is 9.05. The Labute approximate surface area is 316 Å². The molecular weight excluding hydrogens is 653 g/mol. The molecule has 2 heteroatoms. The molecule has 2 heterocycles. The summed E-state index contributed by atoms with van der Waals surface area (Å²) >= 11 is 0. The molecule has 1 unspecified atom stereocenters.